The van der Waals surface area contributed by atoms with Crippen molar-refractivity contribution in [3.05, 3.63) is 83.6 Å². The number of amides is 1. The van der Waals surface area contributed by atoms with Gasteiger partial charge in [0.25, 0.3) is 5.91 Å². The summed E-state index contributed by atoms with van der Waals surface area (Å²) >= 11 is 0. The number of esters is 1. The highest BCUT2D eigenvalue weighted by Crippen LogP contribution is 2.14. The molecule has 130 valence electrons. The molecule has 0 radical (unpaired) electrons. The number of aryl methyl sites for hydroxylation is 1. The molecule has 0 bridgehead atoms. The number of nitrogens with one attached hydrogen (secondary N) is 1. The van der Waals surface area contributed by atoms with E-state index in [0.29, 0.717) is 16.9 Å². The van der Waals surface area contributed by atoms with Crippen molar-refractivity contribution in [3.63, 3.8) is 0 Å². The van der Waals surface area contributed by atoms with Gasteiger partial charge in [-0.3, -0.25) is 9.78 Å². The van der Waals surface area contributed by atoms with Crippen molar-refractivity contribution in [2.24, 2.45) is 5.10 Å². The molecular weight excluding hydrogens is 334 g/mol. The van der Waals surface area contributed by atoms with Crippen LogP contribution < -0.4 is 10.2 Å². The summed E-state index contributed by atoms with van der Waals surface area (Å²) in [5, 5.41) is 3.90. The van der Waals surface area contributed by atoms with Crippen LogP contribution in [0.2, 0.25) is 0 Å². The predicted molar refractivity (Wildman–Crippen MR) is 94.1 cm³/mol. The Labute approximate surface area is 149 Å². The van der Waals surface area contributed by atoms with Crippen molar-refractivity contribution >= 4 is 18.1 Å². The minimum Gasteiger partial charge on any atom is -0.457 e. The van der Waals surface area contributed by atoms with E-state index in [1.165, 1.54) is 24.7 Å². The van der Waals surface area contributed by atoms with Crippen molar-refractivity contribution in [1.82, 2.24) is 10.4 Å². The summed E-state index contributed by atoms with van der Waals surface area (Å²) in [7, 11) is 0. The molecule has 0 aliphatic carbocycles. The number of ether oxygens (including phenoxy) is 1. The lowest BCUT2D eigenvalue weighted by atomic mass is 10.2. The topological polar surface area (TPSA) is 93.8 Å². The van der Waals surface area contributed by atoms with E-state index in [1.54, 1.807) is 42.5 Å². The highest BCUT2D eigenvalue weighted by atomic mass is 16.5. The van der Waals surface area contributed by atoms with E-state index in [1.807, 2.05) is 6.92 Å². The van der Waals surface area contributed by atoms with Crippen LogP contribution in [0, 0.1) is 6.92 Å². The number of rotatable bonds is 5. The van der Waals surface area contributed by atoms with E-state index < -0.39 is 5.97 Å². The molecule has 3 rings (SSSR count). The third-order valence-electron chi connectivity index (χ3n) is 3.34. The molecule has 3 aromatic rings. The van der Waals surface area contributed by atoms with E-state index in [4.69, 9.17) is 9.15 Å². The number of aromatic nitrogens is 1. The van der Waals surface area contributed by atoms with E-state index in [2.05, 4.69) is 15.5 Å². The molecule has 1 N–H and O–H groups in total. The smallest absolute Gasteiger partial charge is 0.379 e. The number of carbonyl (C=O) groups excluding carboxylic acids is 2. The second-order valence-corrected chi connectivity index (χ2v) is 5.33. The molecule has 0 fully saturated rings. The summed E-state index contributed by atoms with van der Waals surface area (Å²) in [5.74, 6) is -0.508. The Morgan fingerprint density at radius 3 is 2.81 bits per heavy atom. The fraction of sp³-hybridized carbons (Fsp3) is 0.0526. The number of furan rings is 1. The number of pyridine rings is 1. The standard InChI is InChI=1S/C19H15N3O4/c1-13-7-8-15(12-20-13)18(23)22-21-11-14-4-2-5-16(10-14)26-19(24)17-6-3-9-25-17/h2-12H,1H3,(H,22,23). The van der Waals surface area contributed by atoms with Crippen molar-refractivity contribution < 1.29 is 18.7 Å². The van der Waals surface area contributed by atoms with E-state index in [9.17, 15) is 9.59 Å². The average Bonchev–Trinajstić information content (AvgIpc) is 3.17. The molecule has 0 saturated heterocycles. The molecule has 0 unspecified atom stereocenters. The van der Waals surface area contributed by atoms with E-state index in [-0.39, 0.29) is 11.7 Å². The molecular formula is C19H15N3O4. The number of nitrogens with zero attached hydrogens (tertiary/aromatic N) is 2. The summed E-state index contributed by atoms with van der Waals surface area (Å²) < 4.78 is 10.2. The van der Waals surface area contributed by atoms with Crippen LogP contribution in [-0.4, -0.2) is 23.1 Å². The van der Waals surface area contributed by atoms with Gasteiger partial charge < -0.3 is 9.15 Å². The Balaban J connectivity index is 1.61. The van der Waals surface area contributed by atoms with Gasteiger partial charge in [0.1, 0.15) is 5.75 Å². The van der Waals surface area contributed by atoms with Gasteiger partial charge in [0.2, 0.25) is 5.76 Å². The molecule has 7 nitrogen and oxygen atoms in total. The average molecular weight is 349 g/mol. The zero-order chi connectivity index (χ0) is 18.4. The number of hydrogen-bond acceptors (Lipinski definition) is 6. The third-order valence-corrected chi connectivity index (χ3v) is 3.34. The molecule has 26 heavy (non-hydrogen) atoms. The third kappa shape index (κ3) is 4.41. The Bertz CT molecular complexity index is 932. The second kappa shape index (κ2) is 7.89. The van der Waals surface area contributed by atoms with Crippen molar-refractivity contribution in [3.8, 4) is 5.75 Å². The Morgan fingerprint density at radius 2 is 2.08 bits per heavy atom. The Hall–Kier alpha value is -3.74. The highest BCUT2D eigenvalue weighted by molar-refractivity contribution is 5.94. The van der Waals surface area contributed by atoms with Gasteiger partial charge in [-0.1, -0.05) is 12.1 Å². The molecule has 0 saturated carbocycles. The minimum absolute atomic E-state index is 0.114. The first-order valence-corrected chi connectivity index (χ1v) is 7.73. The fourth-order valence-electron chi connectivity index (χ4n) is 2.04. The molecule has 0 spiro atoms. The molecule has 0 aliphatic rings. The maximum Gasteiger partial charge on any atom is 0.379 e. The van der Waals surface area contributed by atoms with E-state index in [0.717, 1.165) is 5.69 Å². The lowest BCUT2D eigenvalue weighted by molar-refractivity contribution is 0.0701. The van der Waals surface area contributed by atoms with Crippen LogP contribution >= 0.6 is 0 Å². The number of benzene rings is 1. The quantitative estimate of drug-likeness (QED) is 0.331. The van der Waals surface area contributed by atoms with Crippen LogP contribution in [0.3, 0.4) is 0 Å². The van der Waals surface area contributed by atoms with Crippen molar-refractivity contribution in [2.45, 2.75) is 6.92 Å². The SMILES string of the molecule is Cc1ccc(C(=O)NN=Cc2cccc(OC(=O)c3ccco3)c2)cn1. The maximum atomic E-state index is 11.9. The maximum absolute atomic E-state index is 11.9. The first kappa shape index (κ1) is 17.1. The lowest BCUT2D eigenvalue weighted by Crippen LogP contribution is -2.17. The zero-order valence-electron chi connectivity index (χ0n) is 13.9. The first-order chi connectivity index (χ1) is 12.6. The Morgan fingerprint density at radius 1 is 1.19 bits per heavy atom. The summed E-state index contributed by atoms with van der Waals surface area (Å²) in [6, 6.07) is 13.2. The first-order valence-electron chi connectivity index (χ1n) is 7.73. The second-order valence-electron chi connectivity index (χ2n) is 5.33. The number of hydrazone groups is 1. The number of carbonyl (C=O) groups is 2. The summed E-state index contributed by atoms with van der Waals surface area (Å²) in [6.45, 7) is 1.84. The zero-order valence-corrected chi connectivity index (χ0v) is 13.9. The van der Waals surface area contributed by atoms with Crippen LogP contribution in [0.4, 0.5) is 0 Å². The fourth-order valence-corrected chi connectivity index (χ4v) is 2.04. The largest absolute Gasteiger partial charge is 0.457 e. The van der Waals surface area contributed by atoms with Crippen molar-refractivity contribution in [1.29, 1.82) is 0 Å². The molecule has 2 heterocycles. The van der Waals surface area contributed by atoms with Gasteiger partial charge >= 0.3 is 5.97 Å². The monoisotopic (exact) mass is 349 g/mol. The molecule has 1 amide bonds. The summed E-state index contributed by atoms with van der Waals surface area (Å²) in [6.07, 6.45) is 4.32. The lowest BCUT2D eigenvalue weighted by Gasteiger charge is -2.03. The van der Waals surface area contributed by atoms with Crippen LogP contribution in [0.5, 0.6) is 5.75 Å². The van der Waals surface area contributed by atoms with Gasteiger partial charge in [-0.05, 0) is 48.9 Å². The van der Waals surface area contributed by atoms with Gasteiger partial charge in [0, 0.05) is 11.9 Å². The normalized spacial score (nSPS) is 10.7. The molecule has 0 aliphatic heterocycles. The molecule has 2 aromatic heterocycles. The van der Waals surface area contributed by atoms with Gasteiger partial charge in [0.05, 0.1) is 18.0 Å². The van der Waals surface area contributed by atoms with E-state index >= 15 is 0 Å². The summed E-state index contributed by atoms with van der Waals surface area (Å²) in [5.41, 5.74) is 4.30. The van der Waals surface area contributed by atoms with Crippen LogP contribution in [0.1, 0.15) is 32.2 Å². The van der Waals surface area contributed by atoms with Crippen LogP contribution in [-0.2, 0) is 0 Å². The van der Waals surface area contributed by atoms with Gasteiger partial charge in [0.15, 0.2) is 0 Å². The predicted octanol–water partition coefficient (Wildman–Crippen LogP) is 2.97. The minimum atomic E-state index is -0.593. The van der Waals surface area contributed by atoms with Crippen LogP contribution in [0.25, 0.3) is 0 Å². The van der Waals surface area contributed by atoms with Crippen LogP contribution in [0.15, 0.2) is 70.5 Å². The Kier molecular flexibility index (Phi) is 5.19. The highest BCUT2D eigenvalue weighted by Gasteiger charge is 2.11. The van der Waals surface area contributed by atoms with Crippen molar-refractivity contribution in [2.75, 3.05) is 0 Å². The molecule has 7 heteroatoms. The van der Waals surface area contributed by atoms with Gasteiger partial charge in [-0.15, -0.1) is 0 Å². The van der Waals surface area contributed by atoms with Gasteiger partial charge in [-0.25, -0.2) is 10.2 Å². The van der Waals surface area contributed by atoms with Gasteiger partial charge in [-0.2, -0.15) is 5.10 Å². The summed E-state index contributed by atoms with van der Waals surface area (Å²) in [4.78, 5) is 27.9. The number of hydrogen-bond donors (Lipinski definition) is 1. The molecule has 1 aromatic carbocycles. The molecule has 0 atom stereocenters.